The molecule has 2 heterocycles. The Labute approximate surface area is 231 Å². The van der Waals surface area contributed by atoms with Crippen molar-refractivity contribution < 1.29 is 4.74 Å². The topological polar surface area (TPSA) is 59.9 Å². The smallest absolute Gasteiger partial charge is 0.161 e. The van der Waals surface area contributed by atoms with Gasteiger partial charge in [0.25, 0.3) is 0 Å². The highest BCUT2D eigenvalue weighted by molar-refractivity contribution is 6.30. The van der Waals surface area contributed by atoms with Gasteiger partial charge < -0.3 is 10.1 Å². The molecule has 6 heteroatoms. The van der Waals surface area contributed by atoms with Crippen LogP contribution in [0.3, 0.4) is 0 Å². The number of fused-ring (bicyclic) bond motifs is 1. The largest absolute Gasteiger partial charge is 0.457 e. The SMILES string of the molecule is Clc1ccc(-c2nnc(Nc3ccc(Oc4ccnc(C=Cc5ccccc5)c4)cc3)c3ccccc23)cc1. The van der Waals surface area contributed by atoms with E-state index in [1.807, 2.05) is 115 Å². The van der Waals surface area contributed by atoms with Crippen LogP contribution < -0.4 is 10.1 Å². The maximum Gasteiger partial charge on any atom is 0.161 e. The molecule has 0 aliphatic carbocycles. The number of hydrogen-bond donors (Lipinski definition) is 1. The van der Waals surface area contributed by atoms with E-state index in [0.29, 0.717) is 16.6 Å². The van der Waals surface area contributed by atoms with Crippen molar-refractivity contribution in [3.8, 4) is 22.8 Å². The van der Waals surface area contributed by atoms with Crippen molar-refractivity contribution in [2.75, 3.05) is 5.32 Å². The van der Waals surface area contributed by atoms with Gasteiger partial charge in [-0.1, -0.05) is 84.4 Å². The monoisotopic (exact) mass is 526 g/mol. The summed E-state index contributed by atoms with van der Waals surface area (Å²) < 4.78 is 6.08. The lowest BCUT2D eigenvalue weighted by Crippen LogP contribution is -1.99. The molecule has 1 N–H and O–H groups in total. The van der Waals surface area contributed by atoms with Gasteiger partial charge in [-0.3, -0.25) is 4.98 Å². The third-order valence-electron chi connectivity index (χ3n) is 6.16. The normalized spacial score (nSPS) is 11.1. The molecule has 0 unspecified atom stereocenters. The molecular formula is C33H23ClN4O. The first-order chi connectivity index (χ1) is 19.2. The molecule has 0 aliphatic rings. The van der Waals surface area contributed by atoms with Gasteiger partial charge in [0.05, 0.1) is 5.69 Å². The van der Waals surface area contributed by atoms with E-state index in [4.69, 9.17) is 16.3 Å². The first kappa shape index (κ1) is 24.3. The maximum absolute atomic E-state index is 6.08. The minimum Gasteiger partial charge on any atom is -0.457 e. The second-order valence-corrected chi connectivity index (χ2v) is 9.30. The average Bonchev–Trinajstić information content (AvgIpc) is 2.99. The molecule has 5 nitrogen and oxygen atoms in total. The molecule has 39 heavy (non-hydrogen) atoms. The van der Waals surface area contributed by atoms with Gasteiger partial charge in [-0.25, -0.2) is 0 Å². The number of anilines is 2. The number of hydrogen-bond acceptors (Lipinski definition) is 5. The van der Waals surface area contributed by atoms with Crippen molar-refractivity contribution in [3.05, 3.63) is 138 Å². The van der Waals surface area contributed by atoms with Crippen LogP contribution in [-0.2, 0) is 0 Å². The molecule has 0 amide bonds. The lowest BCUT2D eigenvalue weighted by Gasteiger charge is -2.12. The number of pyridine rings is 1. The molecule has 0 fully saturated rings. The van der Waals surface area contributed by atoms with Gasteiger partial charge in [-0.05, 0) is 54.1 Å². The molecule has 0 aliphatic heterocycles. The molecule has 4 aromatic carbocycles. The second kappa shape index (κ2) is 11.2. The van der Waals surface area contributed by atoms with E-state index in [0.717, 1.165) is 44.7 Å². The molecular weight excluding hydrogens is 504 g/mol. The van der Waals surface area contributed by atoms with Crippen molar-refractivity contribution in [1.82, 2.24) is 15.2 Å². The molecule has 0 atom stereocenters. The van der Waals surface area contributed by atoms with Crippen LogP contribution in [0.5, 0.6) is 11.5 Å². The fraction of sp³-hybridized carbons (Fsp3) is 0. The maximum atomic E-state index is 6.08. The second-order valence-electron chi connectivity index (χ2n) is 8.86. The average molecular weight is 527 g/mol. The van der Waals surface area contributed by atoms with Crippen LogP contribution in [0.25, 0.3) is 34.2 Å². The summed E-state index contributed by atoms with van der Waals surface area (Å²) in [5.74, 6) is 2.12. The summed E-state index contributed by atoms with van der Waals surface area (Å²) in [7, 11) is 0. The molecule has 6 rings (SSSR count). The zero-order valence-electron chi connectivity index (χ0n) is 20.8. The Morgan fingerprint density at radius 2 is 1.41 bits per heavy atom. The number of nitrogens with zero attached hydrogens (tertiary/aromatic N) is 3. The van der Waals surface area contributed by atoms with Gasteiger partial charge in [0.15, 0.2) is 5.82 Å². The van der Waals surface area contributed by atoms with E-state index in [1.165, 1.54) is 0 Å². The highest BCUT2D eigenvalue weighted by Crippen LogP contribution is 2.32. The Balaban J connectivity index is 1.18. The van der Waals surface area contributed by atoms with Crippen LogP contribution in [0.2, 0.25) is 5.02 Å². The predicted octanol–water partition coefficient (Wildman–Crippen LogP) is 9.05. The van der Waals surface area contributed by atoms with E-state index in [1.54, 1.807) is 6.20 Å². The van der Waals surface area contributed by atoms with Gasteiger partial charge in [-0.2, -0.15) is 0 Å². The van der Waals surface area contributed by atoms with Crippen LogP contribution in [0.1, 0.15) is 11.3 Å². The van der Waals surface area contributed by atoms with E-state index in [-0.39, 0.29) is 0 Å². The predicted molar refractivity (Wildman–Crippen MR) is 159 cm³/mol. The van der Waals surface area contributed by atoms with Crippen molar-refractivity contribution in [1.29, 1.82) is 0 Å². The Morgan fingerprint density at radius 1 is 0.667 bits per heavy atom. The Kier molecular flexibility index (Phi) is 6.97. The molecule has 2 aromatic heterocycles. The van der Waals surface area contributed by atoms with Crippen molar-refractivity contribution >= 4 is 46.0 Å². The number of ether oxygens (including phenoxy) is 1. The quantitative estimate of drug-likeness (QED) is 0.225. The summed E-state index contributed by atoms with van der Waals surface area (Å²) in [5, 5.41) is 15.1. The van der Waals surface area contributed by atoms with Crippen molar-refractivity contribution in [3.63, 3.8) is 0 Å². The molecule has 0 spiro atoms. The standard InChI is InChI=1S/C33H23ClN4O/c34-25-13-11-24(12-14-25)32-30-8-4-5-9-31(30)33(38-37-32)36-26-16-18-28(19-17-26)39-29-20-21-35-27(22-29)15-10-23-6-2-1-3-7-23/h1-22H,(H,36,38). The molecule has 0 bridgehead atoms. The Hall–Kier alpha value is -5.00. The zero-order chi connectivity index (χ0) is 26.4. The summed E-state index contributed by atoms with van der Waals surface area (Å²) in [5.41, 5.74) is 4.59. The number of aromatic nitrogens is 3. The summed E-state index contributed by atoms with van der Waals surface area (Å²) >= 11 is 6.07. The Bertz CT molecular complexity index is 1750. The minimum absolute atomic E-state index is 0.681. The van der Waals surface area contributed by atoms with Crippen molar-refractivity contribution in [2.45, 2.75) is 0 Å². The van der Waals surface area contributed by atoms with E-state index < -0.39 is 0 Å². The van der Waals surface area contributed by atoms with Gasteiger partial charge in [-0.15, -0.1) is 10.2 Å². The summed E-state index contributed by atoms with van der Waals surface area (Å²) in [6.07, 6.45) is 5.74. The van der Waals surface area contributed by atoms with Gasteiger partial charge in [0, 0.05) is 39.3 Å². The fourth-order valence-corrected chi connectivity index (χ4v) is 4.35. The summed E-state index contributed by atoms with van der Waals surface area (Å²) in [6, 6.07) is 37.3. The van der Waals surface area contributed by atoms with E-state index in [9.17, 15) is 0 Å². The lowest BCUT2D eigenvalue weighted by atomic mass is 10.0. The van der Waals surface area contributed by atoms with Crippen LogP contribution in [0, 0.1) is 0 Å². The molecule has 0 saturated heterocycles. The van der Waals surface area contributed by atoms with Crippen LogP contribution in [0.4, 0.5) is 11.5 Å². The molecule has 6 aromatic rings. The lowest BCUT2D eigenvalue weighted by molar-refractivity contribution is 0.482. The molecule has 0 saturated carbocycles. The highest BCUT2D eigenvalue weighted by atomic mass is 35.5. The first-order valence-electron chi connectivity index (χ1n) is 12.5. The summed E-state index contributed by atoms with van der Waals surface area (Å²) in [4.78, 5) is 4.42. The number of halogens is 1. The Morgan fingerprint density at radius 3 is 2.21 bits per heavy atom. The third kappa shape index (κ3) is 5.79. The zero-order valence-corrected chi connectivity index (χ0v) is 21.6. The van der Waals surface area contributed by atoms with Crippen molar-refractivity contribution in [2.24, 2.45) is 0 Å². The van der Waals surface area contributed by atoms with E-state index in [2.05, 4.69) is 32.6 Å². The van der Waals surface area contributed by atoms with Gasteiger partial charge >= 0.3 is 0 Å². The third-order valence-corrected chi connectivity index (χ3v) is 6.41. The van der Waals surface area contributed by atoms with Crippen LogP contribution in [-0.4, -0.2) is 15.2 Å². The van der Waals surface area contributed by atoms with Crippen LogP contribution in [0.15, 0.2) is 121 Å². The summed E-state index contributed by atoms with van der Waals surface area (Å²) in [6.45, 7) is 0. The fourth-order valence-electron chi connectivity index (χ4n) is 4.22. The van der Waals surface area contributed by atoms with Gasteiger partial charge in [0.2, 0.25) is 0 Å². The number of benzene rings is 4. The van der Waals surface area contributed by atoms with Gasteiger partial charge in [0.1, 0.15) is 17.2 Å². The molecule has 188 valence electrons. The first-order valence-corrected chi connectivity index (χ1v) is 12.8. The highest BCUT2D eigenvalue weighted by Gasteiger charge is 2.11. The number of nitrogens with one attached hydrogen (secondary N) is 1. The van der Waals surface area contributed by atoms with E-state index >= 15 is 0 Å². The number of rotatable bonds is 7. The minimum atomic E-state index is 0.681. The molecule has 0 radical (unpaired) electrons. The van der Waals surface area contributed by atoms with Crippen LogP contribution >= 0.6 is 11.6 Å².